The molecule has 0 aliphatic heterocycles. The van der Waals surface area contributed by atoms with Gasteiger partial charge in [-0.3, -0.25) is 10.1 Å². The molecule has 0 radical (unpaired) electrons. The number of non-ortho nitro benzene ring substituents is 1. The summed E-state index contributed by atoms with van der Waals surface area (Å²) in [6.07, 6.45) is 0. The molecule has 0 saturated carbocycles. The van der Waals surface area contributed by atoms with Gasteiger partial charge in [0.05, 0.1) is 35.5 Å². The van der Waals surface area contributed by atoms with Crippen LogP contribution < -0.4 is 9.47 Å². The molecule has 176 valence electrons. The molecule has 0 N–H and O–H groups in total. The predicted octanol–water partition coefficient (Wildman–Crippen LogP) is 8.56. The van der Waals surface area contributed by atoms with Crippen LogP contribution >= 0.6 is 11.6 Å². The average molecular weight is 490 g/mol. The molecule has 0 heterocycles. The summed E-state index contributed by atoms with van der Waals surface area (Å²) in [5, 5.41) is 30.0. The Hall–Kier alpha value is -4.37. The molecule has 0 aliphatic carbocycles. The van der Waals surface area contributed by atoms with Crippen LogP contribution in [0.15, 0.2) is 87.2 Å². The lowest BCUT2D eigenvalue weighted by Crippen LogP contribution is -1.90. The summed E-state index contributed by atoms with van der Waals surface area (Å²) < 4.78 is 10.8. The fraction of sp³-hybridized carbons (Fsp3) is 0.120. The molecular formula is C25H20ClN5O4. The van der Waals surface area contributed by atoms with Crippen molar-refractivity contribution in [1.29, 1.82) is 0 Å². The van der Waals surface area contributed by atoms with Crippen molar-refractivity contribution in [2.75, 3.05) is 14.2 Å². The molecule has 0 spiro atoms. The zero-order valence-corrected chi connectivity index (χ0v) is 19.9. The van der Waals surface area contributed by atoms with E-state index in [2.05, 4.69) is 20.5 Å². The summed E-state index contributed by atoms with van der Waals surface area (Å²) in [6.45, 7) is 1.92. The van der Waals surface area contributed by atoms with Crippen molar-refractivity contribution in [3.63, 3.8) is 0 Å². The number of ether oxygens (including phenoxy) is 2. The van der Waals surface area contributed by atoms with E-state index in [1.54, 1.807) is 32.4 Å². The SMILES string of the molecule is COc1cc(N=Nc2ccc(N=Nc3ccc([N+](=O)[O-])cc3Cl)c3ccccc23)c(OC)cc1C. The quantitative estimate of drug-likeness (QED) is 0.147. The molecular weight excluding hydrogens is 470 g/mol. The van der Waals surface area contributed by atoms with Gasteiger partial charge in [0.1, 0.15) is 22.9 Å². The minimum atomic E-state index is -0.518. The Labute approximate surface area is 205 Å². The lowest BCUT2D eigenvalue weighted by atomic mass is 10.1. The smallest absolute Gasteiger partial charge is 0.271 e. The van der Waals surface area contributed by atoms with Gasteiger partial charge in [-0.2, -0.15) is 0 Å². The minimum Gasteiger partial charge on any atom is -0.496 e. The van der Waals surface area contributed by atoms with Crippen LogP contribution in [0, 0.1) is 17.0 Å². The molecule has 0 aromatic heterocycles. The van der Waals surface area contributed by atoms with Crippen molar-refractivity contribution in [3.05, 3.63) is 87.4 Å². The predicted molar refractivity (Wildman–Crippen MR) is 135 cm³/mol. The number of halogens is 1. The van der Waals surface area contributed by atoms with E-state index in [4.69, 9.17) is 21.1 Å². The van der Waals surface area contributed by atoms with E-state index in [9.17, 15) is 10.1 Å². The highest BCUT2D eigenvalue weighted by molar-refractivity contribution is 6.33. The third-order valence-corrected chi connectivity index (χ3v) is 5.55. The Balaban J connectivity index is 1.70. The Bertz CT molecular complexity index is 1490. The van der Waals surface area contributed by atoms with Crippen LogP contribution in [0.25, 0.3) is 10.8 Å². The van der Waals surface area contributed by atoms with E-state index in [1.807, 2.05) is 37.3 Å². The molecule has 4 aromatic rings. The fourth-order valence-corrected chi connectivity index (χ4v) is 3.67. The van der Waals surface area contributed by atoms with Gasteiger partial charge in [-0.15, -0.1) is 20.5 Å². The highest BCUT2D eigenvalue weighted by Crippen LogP contribution is 2.39. The molecule has 35 heavy (non-hydrogen) atoms. The van der Waals surface area contributed by atoms with Gasteiger partial charge < -0.3 is 9.47 Å². The van der Waals surface area contributed by atoms with Gasteiger partial charge in [0.15, 0.2) is 0 Å². The van der Waals surface area contributed by atoms with Gasteiger partial charge in [-0.25, -0.2) is 0 Å². The highest BCUT2D eigenvalue weighted by Gasteiger charge is 2.11. The number of nitrogens with zero attached hydrogens (tertiary/aromatic N) is 5. The summed E-state index contributed by atoms with van der Waals surface area (Å²) in [5.74, 6) is 1.27. The van der Waals surface area contributed by atoms with Gasteiger partial charge in [0, 0.05) is 29.0 Å². The number of hydrogen-bond donors (Lipinski definition) is 0. The second-order valence-electron chi connectivity index (χ2n) is 7.44. The number of aryl methyl sites for hydroxylation is 1. The summed E-state index contributed by atoms with van der Waals surface area (Å²) >= 11 is 6.13. The lowest BCUT2D eigenvalue weighted by Gasteiger charge is -2.09. The Morgan fingerprint density at radius 1 is 0.743 bits per heavy atom. The van der Waals surface area contributed by atoms with Crippen LogP contribution in [0.5, 0.6) is 11.5 Å². The zero-order chi connectivity index (χ0) is 24.9. The number of azo groups is 2. The summed E-state index contributed by atoms with van der Waals surface area (Å²) in [5.41, 5.74) is 2.90. The van der Waals surface area contributed by atoms with E-state index in [1.165, 1.54) is 18.2 Å². The number of nitro groups is 1. The molecule has 4 rings (SSSR count). The summed E-state index contributed by atoms with van der Waals surface area (Å²) in [6, 6.07) is 18.8. The summed E-state index contributed by atoms with van der Waals surface area (Å²) in [7, 11) is 3.17. The number of methoxy groups -OCH3 is 2. The van der Waals surface area contributed by atoms with Gasteiger partial charge in [-0.1, -0.05) is 35.9 Å². The van der Waals surface area contributed by atoms with Crippen LogP contribution in [0.2, 0.25) is 5.02 Å². The Morgan fingerprint density at radius 2 is 1.29 bits per heavy atom. The van der Waals surface area contributed by atoms with Crippen LogP contribution in [0.1, 0.15) is 5.56 Å². The molecule has 10 heteroatoms. The van der Waals surface area contributed by atoms with Crippen LogP contribution in [-0.4, -0.2) is 19.1 Å². The summed E-state index contributed by atoms with van der Waals surface area (Å²) in [4.78, 5) is 10.4. The minimum absolute atomic E-state index is 0.114. The lowest BCUT2D eigenvalue weighted by molar-refractivity contribution is -0.384. The van der Waals surface area contributed by atoms with Gasteiger partial charge in [0.25, 0.3) is 5.69 Å². The van der Waals surface area contributed by atoms with Crippen molar-refractivity contribution in [1.82, 2.24) is 0 Å². The van der Waals surface area contributed by atoms with Crippen LogP contribution in [-0.2, 0) is 0 Å². The first-order valence-corrected chi connectivity index (χ1v) is 10.8. The Morgan fingerprint density at radius 3 is 1.83 bits per heavy atom. The second-order valence-corrected chi connectivity index (χ2v) is 7.84. The number of nitro benzene ring substituents is 1. The second kappa shape index (κ2) is 10.3. The van der Waals surface area contributed by atoms with Crippen molar-refractivity contribution >= 4 is 50.8 Å². The van der Waals surface area contributed by atoms with Gasteiger partial charge in [0.2, 0.25) is 0 Å². The first kappa shape index (κ1) is 23.8. The third-order valence-electron chi connectivity index (χ3n) is 5.25. The molecule has 0 bridgehead atoms. The zero-order valence-electron chi connectivity index (χ0n) is 19.1. The third kappa shape index (κ3) is 5.10. The largest absolute Gasteiger partial charge is 0.496 e. The molecule has 0 unspecified atom stereocenters. The molecule has 9 nitrogen and oxygen atoms in total. The van der Waals surface area contributed by atoms with Crippen molar-refractivity contribution in [3.8, 4) is 11.5 Å². The van der Waals surface area contributed by atoms with E-state index in [-0.39, 0.29) is 10.7 Å². The van der Waals surface area contributed by atoms with Crippen LogP contribution in [0.3, 0.4) is 0 Å². The van der Waals surface area contributed by atoms with Crippen molar-refractivity contribution < 1.29 is 14.4 Å². The standard InChI is InChI=1S/C25H20ClN5O4/c1-15-12-25(35-3)23(14-24(15)34-2)30-28-21-11-10-20(17-6-4-5-7-18(17)21)27-29-22-9-8-16(31(32)33)13-19(22)26/h4-14H,1-3H3. The van der Waals surface area contributed by atoms with E-state index < -0.39 is 4.92 Å². The maximum Gasteiger partial charge on any atom is 0.271 e. The van der Waals surface area contributed by atoms with Gasteiger partial charge in [-0.05, 0) is 36.8 Å². The van der Waals surface area contributed by atoms with E-state index in [0.717, 1.165) is 16.3 Å². The number of rotatable bonds is 7. The first-order valence-electron chi connectivity index (χ1n) is 10.4. The van der Waals surface area contributed by atoms with E-state index in [0.29, 0.717) is 34.2 Å². The maximum absolute atomic E-state index is 10.9. The Kier molecular flexibility index (Phi) is 6.98. The molecule has 0 saturated heterocycles. The molecule has 4 aromatic carbocycles. The topological polar surface area (TPSA) is 111 Å². The maximum atomic E-state index is 10.9. The van der Waals surface area contributed by atoms with Crippen molar-refractivity contribution in [2.24, 2.45) is 20.5 Å². The van der Waals surface area contributed by atoms with Crippen LogP contribution in [0.4, 0.5) is 28.4 Å². The van der Waals surface area contributed by atoms with Gasteiger partial charge >= 0.3 is 0 Å². The number of hydrogen-bond acceptors (Lipinski definition) is 8. The average Bonchev–Trinajstić information content (AvgIpc) is 2.87. The first-order chi connectivity index (χ1) is 16.9. The normalized spacial score (nSPS) is 11.4. The molecule has 0 aliphatic rings. The highest BCUT2D eigenvalue weighted by atomic mass is 35.5. The number of benzene rings is 4. The monoisotopic (exact) mass is 489 g/mol. The van der Waals surface area contributed by atoms with Crippen molar-refractivity contribution in [2.45, 2.75) is 6.92 Å². The fourth-order valence-electron chi connectivity index (χ4n) is 3.46. The van der Waals surface area contributed by atoms with E-state index >= 15 is 0 Å². The molecule has 0 fully saturated rings. The number of fused-ring (bicyclic) bond motifs is 1. The molecule has 0 amide bonds. The molecule has 0 atom stereocenters.